The average Bonchev–Trinajstić information content (AvgIpc) is 3.26. The van der Waals surface area contributed by atoms with Crippen molar-refractivity contribution in [2.75, 3.05) is 17.7 Å². The zero-order chi connectivity index (χ0) is 21.3. The SMILES string of the molecule is Nc1ncnc2c1nc(NCc1ccccc1)n2[C@H]1C[C@H](O)[C@@H](COP(=O)(O)O)O1. The molecule has 0 spiro atoms. The Balaban J connectivity index is 1.62. The summed E-state index contributed by atoms with van der Waals surface area (Å²) in [6.45, 7) is 0.00991. The van der Waals surface area contributed by atoms with E-state index in [1.54, 1.807) is 4.57 Å². The Bertz CT molecular complexity index is 1070. The quantitative estimate of drug-likeness (QED) is 0.331. The maximum absolute atomic E-state index is 11.0. The molecule has 0 amide bonds. The van der Waals surface area contributed by atoms with Gasteiger partial charge in [0.25, 0.3) is 0 Å². The lowest BCUT2D eigenvalue weighted by atomic mass is 10.2. The van der Waals surface area contributed by atoms with Crippen molar-refractivity contribution in [1.82, 2.24) is 19.5 Å². The lowest BCUT2D eigenvalue weighted by Gasteiger charge is -2.18. The fraction of sp³-hybridized carbons (Fsp3) is 0.353. The predicted molar refractivity (Wildman–Crippen MR) is 106 cm³/mol. The minimum Gasteiger partial charge on any atom is -0.390 e. The Morgan fingerprint density at radius 3 is 2.80 bits per heavy atom. The highest BCUT2D eigenvalue weighted by Crippen LogP contribution is 2.39. The molecule has 0 aliphatic carbocycles. The number of phosphoric acid groups is 1. The molecule has 4 rings (SSSR count). The van der Waals surface area contributed by atoms with Crippen LogP contribution in [-0.4, -0.2) is 53.2 Å². The number of nitrogen functional groups attached to an aromatic ring is 1. The van der Waals surface area contributed by atoms with Crippen LogP contribution in [0.4, 0.5) is 11.8 Å². The molecular formula is C17H21N6O6P. The molecule has 30 heavy (non-hydrogen) atoms. The summed E-state index contributed by atoms with van der Waals surface area (Å²) in [5, 5.41) is 13.5. The molecule has 3 aromatic rings. The second-order valence-corrected chi connectivity index (χ2v) is 8.03. The number of anilines is 2. The molecule has 1 aromatic carbocycles. The number of nitrogens with one attached hydrogen (secondary N) is 1. The van der Waals surface area contributed by atoms with Crippen LogP contribution in [0.2, 0.25) is 0 Å². The normalized spacial score (nSPS) is 21.9. The van der Waals surface area contributed by atoms with Crippen molar-refractivity contribution in [3.05, 3.63) is 42.2 Å². The number of aliphatic hydroxyl groups excluding tert-OH is 1. The minimum atomic E-state index is -4.68. The second-order valence-electron chi connectivity index (χ2n) is 6.79. The molecule has 3 atom stereocenters. The number of ether oxygens (including phenoxy) is 1. The number of hydrogen-bond acceptors (Lipinski definition) is 9. The zero-order valence-electron chi connectivity index (χ0n) is 15.7. The third-order valence-corrected chi connectivity index (χ3v) is 5.18. The summed E-state index contributed by atoms with van der Waals surface area (Å²) in [6, 6.07) is 9.68. The Hall–Kier alpha value is -2.60. The van der Waals surface area contributed by atoms with E-state index in [1.807, 2.05) is 30.3 Å². The Morgan fingerprint density at radius 2 is 2.07 bits per heavy atom. The van der Waals surface area contributed by atoms with Crippen LogP contribution in [0.3, 0.4) is 0 Å². The molecule has 0 saturated carbocycles. The Kier molecular flexibility index (Phi) is 5.69. The standard InChI is InChI=1S/C17H21N6O6P/c18-15-14-16(21-9-20-15)23(17(22-14)19-7-10-4-2-1-3-5-10)13-6-11(24)12(29-13)8-28-30(25,26)27/h1-5,9,11-13,24H,6-8H2,(H,19,22)(H2,18,20,21)(H2,25,26,27)/t11-,12+,13+/m0/s1. The topological polar surface area (TPSA) is 178 Å². The highest BCUT2D eigenvalue weighted by molar-refractivity contribution is 7.46. The monoisotopic (exact) mass is 436 g/mol. The van der Waals surface area contributed by atoms with Crippen molar-refractivity contribution in [2.24, 2.45) is 0 Å². The lowest BCUT2D eigenvalue weighted by molar-refractivity contribution is -0.0417. The smallest absolute Gasteiger partial charge is 0.390 e. The van der Waals surface area contributed by atoms with Crippen LogP contribution in [0, 0.1) is 0 Å². The van der Waals surface area contributed by atoms with Crippen LogP contribution in [0.15, 0.2) is 36.7 Å². The summed E-state index contributed by atoms with van der Waals surface area (Å²) in [4.78, 5) is 30.5. The van der Waals surface area contributed by atoms with Crippen molar-refractivity contribution in [3.63, 3.8) is 0 Å². The molecule has 1 aliphatic heterocycles. The van der Waals surface area contributed by atoms with Gasteiger partial charge in [-0.25, -0.2) is 19.5 Å². The summed E-state index contributed by atoms with van der Waals surface area (Å²) >= 11 is 0. The maximum Gasteiger partial charge on any atom is 0.469 e. The first-order valence-corrected chi connectivity index (χ1v) is 10.6. The van der Waals surface area contributed by atoms with Crippen molar-refractivity contribution < 1.29 is 28.7 Å². The first kappa shape index (κ1) is 20.7. The molecule has 0 bridgehead atoms. The van der Waals surface area contributed by atoms with Crippen molar-refractivity contribution in [3.8, 4) is 0 Å². The summed E-state index contributed by atoms with van der Waals surface area (Å²) in [5.74, 6) is 0.608. The third-order valence-electron chi connectivity index (χ3n) is 4.70. The van der Waals surface area contributed by atoms with E-state index in [1.165, 1.54) is 6.33 Å². The molecule has 1 saturated heterocycles. The van der Waals surface area contributed by atoms with E-state index in [-0.39, 0.29) is 12.2 Å². The van der Waals surface area contributed by atoms with E-state index in [4.69, 9.17) is 20.3 Å². The minimum absolute atomic E-state index is 0.143. The molecule has 1 aliphatic rings. The van der Waals surface area contributed by atoms with Gasteiger partial charge in [-0.3, -0.25) is 9.09 Å². The number of nitrogens with zero attached hydrogens (tertiary/aromatic N) is 4. The van der Waals surface area contributed by atoms with Crippen molar-refractivity contribution in [2.45, 2.75) is 31.4 Å². The van der Waals surface area contributed by atoms with Crippen LogP contribution < -0.4 is 11.1 Å². The first-order valence-electron chi connectivity index (χ1n) is 9.11. The number of aromatic nitrogens is 4. The van der Waals surface area contributed by atoms with Gasteiger partial charge >= 0.3 is 7.82 Å². The number of fused-ring (bicyclic) bond motifs is 1. The van der Waals surface area contributed by atoms with Gasteiger partial charge in [-0.2, -0.15) is 0 Å². The Morgan fingerprint density at radius 1 is 1.30 bits per heavy atom. The van der Waals surface area contributed by atoms with E-state index >= 15 is 0 Å². The summed E-state index contributed by atoms with van der Waals surface area (Å²) in [5.41, 5.74) is 7.75. The van der Waals surface area contributed by atoms with Gasteiger partial charge in [0.05, 0.1) is 12.7 Å². The summed E-state index contributed by atoms with van der Waals surface area (Å²) < 4.78 is 22.9. The Labute approximate surface area is 170 Å². The molecule has 6 N–H and O–H groups in total. The number of nitrogens with two attached hydrogens (primary N) is 1. The fourth-order valence-electron chi connectivity index (χ4n) is 3.29. The molecule has 0 unspecified atom stereocenters. The average molecular weight is 436 g/mol. The fourth-order valence-corrected chi connectivity index (χ4v) is 3.64. The third kappa shape index (κ3) is 4.43. The maximum atomic E-state index is 11.0. The van der Waals surface area contributed by atoms with Gasteiger partial charge in [0, 0.05) is 13.0 Å². The molecule has 3 heterocycles. The van der Waals surface area contributed by atoms with Gasteiger partial charge in [0.1, 0.15) is 18.7 Å². The van der Waals surface area contributed by atoms with E-state index in [2.05, 4.69) is 24.8 Å². The van der Waals surface area contributed by atoms with Gasteiger partial charge in [0.15, 0.2) is 17.0 Å². The molecule has 12 nitrogen and oxygen atoms in total. The zero-order valence-corrected chi connectivity index (χ0v) is 16.6. The molecule has 1 fully saturated rings. The molecule has 160 valence electrons. The largest absolute Gasteiger partial charge is 0.469 e. The number of rotatable bonds is 7. The predicted octanol–water partition coefficient (Wildman–Crippen LogP) is 0.778. The van der Waals surface area contributed by atoms with Gasteiger partial charge < -0.3 is 30.7 Å². The number of imidazole rings is 1. The van der Waals surface area contributed by atoms with Crippen LogP contribution in [-0.2, 0) is 20.4 Å². The van der Waals surface area contributed by atoms with Crippen LogP contribution in [0.1, 0.15) is 18.2 Å². The molecular weight excluding hydrogens is 415 g/mol. The molecule has 13 heteroatoms. The van der Waals surface area contributed by atoms with Crippen LogP contribution in [0.5, 0.6) is 0 Å². The van der Waals surface area contributed by atoms with Gasteiger partial charge in [-0.15, -0.1) is 0 Å². The lowest BCUT2D eigenvalue weighted by Crippen LogP contribution is -2.26. The van der Waals surface area contributed by atoms with E-state index in [0.29, 0.717) is 23.7 Å². The van der Waals surface area contributed by atoms with Gasteiger partial charge in [-0.1, -0.05) is 30.3 Å². The summed E-state index contributed by atoms with van der Waals surface area (Å²) in [6.07, 6.45) is -1.19. The number of benzene rings is 1. The van der Waals surface area contributed by atoms with Crippen molar-refractivity contribution >= 4 is 30.8 Å². The molecule has 2 aromatic heterocycles. The van der Waals surface area contributed by atoms with E-state index in [9.17, 15) is 9.67 Å². The highest BCUT2D eigenvalue weighted by atomic mass is 31.2. The van der Waals surface area contributed by atoms with E-state index in [0.717, 1.165) is 5.56 Å². The summed E-state index contributed by atoms with van der Waals surface area (Å²) in [7, 11) is -4.68. The number of phosphoric ester groups is 1. The van der Waals surface area contributed by atoms with Crippen LogP contribution in [0.25, 0.3) is 11.2 Å². The van der Waals surface area contributed by atoms with E-state index < -0.39 is 32.9 Å². The van der Waals surface area contributed by atoms with Gasteiger partial charge in [0.2, 0.25) is 5.95 Å². The molecule has 0 radical (unpaired) electrons. The van der Waals surface area contributed by atoms with Gasteiger partial charge in [-0.05, 0) is 5.56 Å². The first-order chi connectivity index (χ1) is 14.3. The highest BCUT2D eigenvalue weighted by Gasteiger charge is 2.38. The number of hydrogen-bond donors (Lipinski definition) is 5. The van der Waals surface area contributed by atoms with Crippen LogP contribution >= 0.6 is 7.82 Å². The number of aliphatic hydroxyl groups is 1. The van der Waals surface area contributed by atoms with Crippen molar-refractivity contribution in [1.29, 1.82) is 0 Å². The second kappa shape index (κ2) is 8.26.